The molecule has 3 rings (SSSR count). The molecule has 86 valence electrons. The van der Waals surface area contributed by atoms with Crippen molar-refractivity contribution in [2.75, 3.05) is 33.2 Å². The van der Waals surface area contributed by atoms with Crippen LogP contribution >= 0.6 is 0 Å². The molecule has 2 atom stereocenters. The Kier molecular flexibility index (Phi) is 2.73. The van der Waals surface area contributed by atoms with Gasteiger partial charge in [-0.25, -0.2) is 0 Å². The van der Waals surface area contributed by atoms with Gasteiger partial charge in [0, 0.05) is 19.1 Å². The third-order valence-corrected chi connectivity index (χ3v) is 4.96. The van der Waals surface area contributed by atoms with Crippen molar-refractivity contribution in [1.29, 1.82) is 0 Å². The van der Waals surface area contributed by atoms with Crippen LogP contribution in [0.4, 0.5) is 0 Å². The second kappa shape index (κ2) is 4.06. The van der Waals surface area contributed by atoms with Crippen molar-refractivity contribution in [2.24, 2.45) is 11.8 Å². The molecule has 3 fully saturated rings. The smallest absolute Gasteiger partial charge is 0.0120 e. The van der Waals surface area contributed by atoms with Crippen molar-refractivity contribution >= 4 is 0 Å². The molecular weight excluding hydrogens is 184 g/mol. The molecule has 2 nitrogen and oxygen atoms in total. The van der Waals surface area contributed by atoms with Crippen LogP contribution in [0.5, 0.6) is 0 Å². The first-order chi connectivity index (χ1) is 7.33. The number of nitrogens with zero attached hydrogens (tertiary/aromatic N) is 2. The zero-order valence-corrected chi connectivity index (χ0v) is 9.99. The van der Waals surface area contributed by atoms with E-state index in [0.29, 0.717) is 0 Å². The maximum atomic E-state index is 2.82. The summed E-state index contributed by atoms with van der Waals surface area (Å²) in [5, 5.41) is 0. The fourth-order valence-electron chi connectivity index (χ4n) is 3.93. The summed E-state index contributed by atoms with van der Waals surface area (Å²) >= 11 is 0. The summed E-state index contributed by atoms with van der Waals surface area (Å²) in [5.74, 6) is 2.15. The van der Waals surface area contributed by atoms with Gasteiger partial charge >= 0.3 is 0 Å². The van der Waals surface area contributed by atoms with Crippen molar-refractivity contribution in [1.82, 2.24) is 9.80 Å². The van der Waals surface area contributed by atoms with Crippen LogP contribution in [0.15, 0.2) is 0 Å². The Balaban J connectivity index is 1.56. The lowest BCUT2D eigenvalue weighted by Crippen LogP contribution is -2.43. The zero-order chi connectivity index (χ0) is 10.3. The van der Waals surface area contributed by atoms with Crippen LogP contribution < -0.4 is 0 Å². The average molecular weight is 208 g/mol. The minimum Gasteiger partial charge on any atom is -0.306 e. The number of hydrogen-bond acceptors (Lipinski definition) is 2. The van der Waals surface area contributed by atoms with Gasteiger partial charge in [-0.15, -0.1) is 0 Å². The molecule has 0 radical (unpaired) electrons. The first-order valence-electron chi connectivity index (χ1n) is 6.75. The molecule has 0 aromatic heterocycles. The average Bonchev–Trinajstić information content (AvgIpc) is 2.78. The topological polar surface area (TPSA) is 6.48 Å². The molecule has 1 saturated carbocycles. The van der Waals surface area contributed by atoms with Crippen LogP contribution in [-0.2, 0) is 0 Å². The van der Waals surface area contributed by atoms with Gasteiger partial charge in [0.05, 0.1) is 0 Å². The van der Waals surface area contributed by atoms with Crippen molar-refractivity contribution < 1.29 is 0 Å². The van der Waals surface area contributed by atoms with Gasteiger partial charge in [-0.2, -0.15) is 0 Å². The normalized spacial score (nSPS) is 39.8. The summed E-state index contributed by atoms with van der Waals surface area (Å²) in [7, 11) is 2.26. The number of fused-ring (bicyclic) bond motifs is 1. The summed E-state index contributed by atoms with van der Waals surface area (Å²) in [5.41, 5.74) is 0. The molecule has 15 heavy (non-hydrogen) atoms. The monoisotopic (exact) mass is 208 g/mol. The van der Waals surface area contributed by atoms with Gasteiger partial charge in [-0.05, 0) is 57.7 Å². The van der Waals surface area contributed by atoms with Crippen LogP contribution in [0.3, 0.4) is 0 Å². The lowest BCUT2D eigenvalue weighted by Gasteiger charge is -2.35. The van der Waals surface area contributed by atoms with Gasteiger partial charge in [0.15, 0.2) is 0 Å². The third-order valence-electron chi connectivity index (χ3n) is 4.96. The Bertz CT molecular complexity index is 209. The van der Waals surface area contributed by atoms with Crippen LogP contribution in [-0.4, -0.2) is 49.1 Å². The lowest BCUT2D eigenvalue weighted by atomic mass is 10.0. The van der Waals surface area contributed by atoms with Crippen LogP contribution in [0, 0.1) is 11.8 Å². The largest absolute Gasteiger partial charge is 0.306 e. The fourth-order valence-corrected chi connectivity index (χ4v) is 3.93. The molecule has 2 heteroatoms. The number of rotatable bonds is 1. The Hall–Kier alpha value is -0.0800. The van der Waals surface area contributed by atoms with E-state index in [1.807, 2.05) is 0 Å². The Labute approximate surface area is 93.6 Å². The second-order valence-corrected chi connectivity index (χ2v) is 5.94. The Morgan fingerprint density at radius 3 is 2.07 bits per heavy atom. The molecule has 2 saturated heterocycles. The molecule has 3 aliphatic rings. The summed E-state index contributed by atoms with van der Waals surface area (Å²) in [6.07, 6.45) is 7.38. The van der Waals surface area contributed by atoms with Crippen molar-refractivity contribution in [2.45, 2.75) is 38.1 Å². The molecule has 2 aliphatic heterocycles. The van der Waals surface area contributed by atoms with E-state index in [1.165, 1.54) is 58.3 Å². The molecule has 0 aromatic rings. The second-order valence-electron chi connectivity index (χ2n) is 5.94. The predicted molar refractivity (Wildman–Crippen MR) is 62.9 cm³/mol. The van der Waals surface area contributed by atoms with Gasteiger partial charge in [-0.3, -0.25) is 4.90 Å². The first-order valence-corrected chi connectivity index (χ1v) is 6.75. The highest BCUT2D eigenvalue weighted by Gasteiger charge is 2.38. The van der Waals surface area contributed by atoms with Crippen molar-refractivity contribution in [3.05, 3.63) is 0 Å². The highest BCUT2D eigenvalue weighted by atomic mass is 15.2. The Morgan fingerprint density at radius 1 is 0.867 bits per heavy atom. The van der Waals surface area contributed by atoms with E-state index < -0.39 is 0 Å². The SMILES string of the molecule is CN1CCC(N2C[C@H]3CCC[C@H]3C2)CC1. The molecule has 0 aromatic carbocycles. The first kappa shape index (κ1) is 10.1. The van der Waals surface area contributed by atoms with Crippen LogP contribution in [0.25, 0.3) is 0 Å². The zero-order valence-electron chi connectivity index (χ0n) is 9.99. The summed E-state index contributed by atoms with van der Waals surface area (Å²) in [6.45, 7) is 5.49. The van der Waals surface area contributed by atoms with E-state index in [9.17, 15) is 0 Å². The molecule has 0 N–H and O–H groups in total. The Morgan fingerprint density at radius 2 is 1.47 bits per heavy atom. The van der Waals surface area contributed by atoms with Gasteiger partial charge in [0.2, 0.25) is 0 Å². The van der Waals surface area contributed by atoms with Gasteiger partial charge < -0.3 is 4.90 Å². The van der Waals surface area contributed by atoms with E-state index in [1.54, 1.807) is 0 Å². The van der Waals surface area contributed by atoms with E-state index in [0.717, 1.165) is 17.9 Å². The predicted octanol–water partition coefficient (Wildman–Crippen LogP) is 1.81. The number of piperidine rings is 1. The van der Waals surface area contributed by atoms with Crippen molar-refractivity contribution in [3.63, 3.8) is 0 Å². The molecule has 0 spiro atoms. The quantitative estimate of drug-likeness (QED) is 0.648. The van der Waals surface area contributed by atoms with Crippen LogP contribution in [0.2, 0.25) is 0 Å². The maximum absolute atomic E-state index is 2.82. The number of likely N-dealkylation sites (tertiary alicyclic amines) is 2. The highest BCUT2D eigenvalue weighted by molar-refractivity contribution is 4.92. The van der Waals surface area contributed by atoms with Crippen LogP contribution in [0.1, 0.15) is 32.1 Å². The minimum atomic E-state index is 0.923. The minimum absolute atomic E-state index is 0.923. The molecule has 0 bridgehead atoms. The van der Waals surface area contributed by atoms with Crippen molar-refractivity contribution in [3.8, 4) is 0 Å². The van der Waals surface area contributed by atoms with E-state index in [-0.39, 0.29) is 0 Å². The highest BCUT2D eigenvalue weighted by Crippen LogP contribution is 2.39. The lowest BCUT2D eigenvalue weighted by molar-refractivity contribution is 0.136. The fraction of sp³-hybridized carbons (Fsp3) is 1.00. The van der Waals surface area contributed by atoms with E-state index in [4.69, 9.17) is 0 Å². The van der Waals surface area contributed by atoms with E-state index in [2.05, 4.69) is 16.8 Å². The summed E-state index contributed by atoms with van der Waals surface area (Å²) < 4.78 is 0. The molecular formula is C13H24N2. The van der Waals surface area contributed by atoms with Gasteiger partial charge in [0.25, 0.3) is 0 Å². The number of hydrogen-bond donors (Lipinski definition) is 0. The van der Waals surface area contributed by atoms with Gasteiger partial charge in [-0.1, -0.05) is 6.42 Å². The maximum Gasteiger partial charge on any atom is 0.0120 e. The molecule has 1 aliphatic carbocycles. The molecule has 0 amide bonds. The third kappa shape index (κ3) is 1.94. The van der Waals surface area contributed by atoms with Gasteiger partial charge in [0.1, 0.15) is 0 Å². The standard InChI is InChI=1S/C13H24N2/c1-14-7-5-13(6-8-14)15-9-11-3-2-4-12(11)10-15/h11-13H,2-10H2,1H3/t11-,12+. The van der Waals surface area contributed by atoms with E-state index >= 15 is 0 Å². The molecule has 2 heterocycles. The molecule has 0 unspecified atom stereocenters. The summed E-state index contributed by atoms with van der Waals surface area (Å²) in [6, 6.07) is 0.923. The summed E-state index contributed by atoms with van der Waals surface area (Å²) in [4.78, 5) is 5.30.